The number of nitrogens with one attached hydrogen (secondary N) is 1. The predicted octanol–water partition coefficient (Wildman–Crippen LogP) is 1.36. The van der Waals surface area contributed by atoms with Crippen LogP contribution in [0.3, 0.4) is 0 Å². The average molecular weight is 263 g/mol. The van der Waals surface area contributed by atoms with Gasteiger partial charge in [0.1, 0.15) is 5.69 Å². The fourth-order valence-corrected chi connectivity index (χ4v) is 1.61. The second-order valence-corrected chi connectivity index (χ2v) is 3.63. The van der Waals surface area contributed by atoms with Crippen LogP contribution in [0, 0.1) is 0 Å². The Balaban J connectivity index is 2.40. The maximum atomic E-state index is 11.7. The van der Waals surface area contributed by atoms with Crippen LogP contribution in [-0.4, -0.2) is 40.2 Å². The molecule has 0 fully saturated rings. The number of aromatic hydroxyl groups is 1. The molecule has 2 N–H and O–H groups in total. The highest BCUT2D eigenvalue weighted by molar-refractivity contribution is 5.94. The highest BCUT2D eigenvalue weighted by Gasteiger charge is 2.19. The second kappa shape index (κ2) is 5.38. The van der Waals surface area contributed by atoms with Crippen LogP contribution in [0.2, 0.25) is 0 Å². The molecule has 0 saturated carbocycles. The fraction of sp³-hybridized carbons (Fsp3) is 0.250. The Labute approximate surface area is 109 Å². The molecule has 0 amide bonds. The Kier molecular flexibility index (Phi) is 3.65. The van der Waals surface area contributed by atoms with Crippen molar-refractivity contribution in [2.45, 2.75) is 6.92 Å². The van der Waals surface area contributed by atoms with Crippen molar-refractivity contribution in [2.24, 2.45) is 0 Å². The monoisotopic (exact) mass is 263 g/mol. The van der Waals surface area contributed by atoms with Gasteiger partial charge in [-0.2, -0.15) is 10.3 Å². The van der Waals surface area contributed by atoms with Crippen molar-refractivity contribution in [3.05, 3.63) is 23.9 Å². The van der Waals surface area contributed by atoms with Gasteiger partial charge < -0.3 is 14.6 Å². The lowest BCUT2D eigenvalue weighted by atomic mass is 10.1. The maximum Gasteiger partial charge on any atom is 0.361 e. The van der Waals surface area contributed by atoms with Gasteiger partial charge in [0.2, 0.25) is 0 Å². The van der Waals surface area contributed by atoms with E-state index in [-0.39, 0.29) is 18.1 Å². The molecule has 0 radical (unpaired) electrons. The summed E-state index contributed by atoms with van der Waals surface area (Å²) in [4.78, 5) is 11.7. The lowest BCUT2D eigenvalue weighted by Gasteiger charge is -2.05. The van der Waals surface area contributed by atoms with Crippen molar-refractivity contribution in [3.8, 4) is 22.8 Å². The molecule has 0 unspecified atom stereocenters. The number of hydrogen-bond acceptors (Lipinski definition) is 6. The van der Waals surface area contributed by atoms with Crippen LogP contribution >= 0.6 is 0 Å². The number of hydrogen-bond donors (Lipinski definition) is 2. The number of benzene rings is 1. The zero-order valence-electron chi connectivity index (χ0n) is 10.5. The Morgan fingerprint density at radius 3 is 2.84 bits per heavy atom. The van der Waals surface area contributed by atoms with Crippen LogP contribution in [0.1, 0.15) is 17.4 Å². The Morgan fingerprint density at radius 1 is 1.42 bits per heavy atom. The number of carbonyl (C=O) groups is 1. The summed E-state index contributed by atoms with van der Waals surface area (Å²) in [5, 5.41) is 19.8. The van der Waals surface area contributed by atoms with E-state index in [0.29, 0.717) is 17.0 Å². The number of aromatic nitrogens is 3. The van der Waals surface area contributed by atoms with Crippen LogP contribution < -0.4 is 4.74 Å². The number of phenolic OH excluding ortho intramolecular Hbond substituents is 1. The maximum absolute atomic E-state index is 11.7. The molecule has 19 heavy (non-hydrogen) atoms. The van der Waals surface area contributed by atoms with E-state index in [0.717, 1.165) is 0 Å². The molecule has 0 spiro atoms. The van der Waals surface area contributed by atoms with Gasteiger partial charge in [-0.3, -0.25) is 0 Å². The number of methoxy groups -OCH3 is 1. The summed E-state index contributed by atoms with van der Waals surface area (Å²) >= 11 is 0. The summed E-state index contributed by atoms with van der Waals surface area (Å²) in [7, 11) is 1.45. The second-order valence-electron chi connectivity index (χ2n) is 3.63. The van der Waals surface area contributed by atoms with Gasteiger partial charge in [0.25, 0.3) is 0 Å². The number of rotatable bonds is 4. The van der Waals surface area contributed by atoms with E-state index < -0.39 is 5.97 Å². The van der Waals surface area contributed by atoms with Crippen molar-refractivity contribution in [2.75, 3.05) is 13.7 Å². The molecule has 100 valence electrons. The normalized spacial score (nSPS) is 10.2. The Morgan fingerprint density at radius 2 is 2.21 bits per heavy atom. The standard InChI is InChI=1S/C12H13N3O4/c1-3-19-12(17)11-10(13-15-14-11)7-4-5-9(18-2)8(16)6-7/h4-6,16H,3H2,1-2H3,(H,13,14,15). The van der Waals surface area contributed by atoms with E-state index in [1.165, 1.54) is 13.2 Å². The third-order valence-electron chi connectivity index (χ3n) is 2.47. The highest BCUT2D eigenvalue weighted by atomic mass is 16.5. The van der Waals surface area contributed by atoms with Crippen molar-refractivity contribution < 1.29 is 19.4 Å². The molecule has 1 heterocycles. The topological polar surface area (TPSA) is 97.3 Å². The third kappa shape index (κ3) is 2.49. The van der Waals surface area contributed by atoms with Gasteiger partial charge in [0.15, 0.2) is 17.2 Å². The van der Waals surface area contributed by atoms with Gasteiger partial charge in [-0.05, 0) is 25.1 Å². The summed E-state index contributed by atoms with van der Waals surface area (Å²) in [6.45, 7) is 1.95. The largest absolute Gasteiger partial charge is 0.504 e. The number of ether oxygens (including phenoxy) is 2. The molecule has 0 aliphatic heterocycles. The van der Waals surface area contributed by atoms with E-state index in [4.69, 9.17) is 9.47 Å². The van der Waals surface area contributed by atoms with Gasteiger partial charge in [-0.15, -0.1) is 5.10 Å². The van der Waals surface area contributed by atoms with Gasteiger partial charge in [-0.25, -0.2) is 4.79 Å². The SMILES string of the molecule is CCOC(=O)c1n[nH]nc1-c1ccc(OC)c(O)c1. The van der Waals surface area contributed by atoms with Gasteiger partial charge in [0, 0.05) is 5.56 Å². The van der Waals surface area contributed by atoms with E-state index in [9.17, 15) is 9.90 Å². The fourth-order valence-electron chi connectivity index (χ4n) is 1.61. The molecule has 2 aromatic rings. The average Bonchev–Trinajstić information content (AvgIpc) is 2.88. The molecule has 7 heteroatoms. The van der Waals surface area contributed by atoms with Crippen LogP contribution in [0.25, 0.3) is 11.3 Å². The smallest absolute Gasteiger partial charge is 0.361 e. The van der Waals surface area contributed by atoms with Crippen LogP contribution in [0.15, 0.2) is 18.2 Å². The zero-order chi connectivity index (χ0) is 13.8. The van der Waals surface area contributed by atoms with E-state index in [1.807, 2.05) is 0 Å². The summed E-state index contributed by atoms with van der Waals surface area (Å²) in [6.07, 6.45) is 0. The molecule has 0 bridgehead atoms. The molecule has 0 aliphatic carbocycles. The summed E-state index contributed by atoms with van der Waals surface area (Å²) in [5.41, 5.74) is 0.929. The lowest BCUT2D eigenvalue weighted by molar-refractivity contribution is 0.0520. The van der Waals surface area contributed by atoms with Gasteiger partial charge in [0.05, 0.1) is 13.7 Å². The number of phenols is 1. The first-order valence-corrected chi connectivity index (χ1v) is 5.62. The molecule has 7 nitrogen and oxygen atoms in total. The van der Waals surface area contributed by atoms with Crippen LogP contribution in [0.5, 0.6) is 11.5 Å². The molecule has 0 aliphatic rings. The highest BCUT2D eigenvalue weighted by Crippen LogP contribution is 2.31. The van der Waals surface area contributed by atoms with Gasteiger partial charge in [-0.1, -0.05) is 0 Å². The number of esters is 1. The molecular weight excluding hydrogens is 250 g/mol. The minimum absolute atomic E-state index is 0.0437. The predicted molar refractivity (Wildman–Crippen MR) is 66.0 cm³/mol. The molecule has 1 aromatic carbocycles. The zero-order valence-corrected chi connectivity index (χ0v) is 10.5. The van der Waals surface area contributed by atoms with Crippen molar-refractivity contribution >= 4 is 5.97 Å². The third-order valence-corrected chi connectivity index (χ3v) is 2.47. The van der Waals surface area contributed by atoms with Crippen molar-refractivity contribution in [1.82, 2.24) is 15.4 Å². The number of carbonyl (C=O) groups excluding carboxylic acids is 1. The molecule has 0 saturated heterocycles. The Bertz CT molecular complexity index is 594. The quantitative estimate of drug-likeness (QED) is 0.808. The van der Waals surface area contributed by atoms with Crippen molar-refractivity contribution in [1.29, 1.82) is 0 Å². The van der Waals surface area contributed by atoms with Crippen LogP contribution in [-0.2, 0) is 4.74 Å². The van der Waals surface area contributed by atoms with E-state index in [1.54, 1.807) is 19.1 Å². The molecule has 1 aromatic heterocycles. The number of nitrogens with zero attached hydrogens (tertiary/aromatic N) is 2. The number of H-pyrrole nitrogens is 1. The molecule has 0 atom stereocenters. The summed E-state index contributed by atoms with van der Waals surface area (Å²) in [6, 6.07) is 4.69. The molecule has 2 rings (SSSR count). The first kappa shape index (κ1) is 12.9. The Hall–Kier alpha value is -2.57. The summed E-state index contributed by atoms with van der Waals surface area (Å²) in [5.74, 6) is -0.274. The van der Waals surface area contributed by atoms with Crippen molar-refractivity contribution in [3.63, 3.8) is 0 Å². The first-order valence-electron chi connectivity index (χ1n) is 5.62. The first-order chi connectivity index (χ1) is 9.17. The minimum atomic E-state index is -0.568. The molecular formula is C12H13N3O4. The van der Waals surface area contributed by atoms with Gasteiger partial charge >= 0.3 is 5.97 Å². The number of aromatic amines is 1. The van der Waals surface area contributed by atoms with E-state index >= 15 is 0 Å². The minimum Gasteiger partial charge on any atom is -0.504 e. The van der Waals surface area contributed by atoms with Crippen LogP contribution in [0.4, 0.5) is 0 Å². The summed E-state index contributed by atoms with van der Waals surface area (Å²) < 4.78 is 9.82. The lowest BCUT2D eigenvalue weighted by Crippen LogP contribution is -2.06. The van der Waals surface area contributed by atoms with E-state index in [2.05, 4.69) is 15.4 Å².